The third kappa shape index (κ3) is 3.36. The summed E-state index contributed by atoms with van der Waals surface area (Å²) in [5.74, 6) is -0.0223. The molecule has 0 aliphatic heterocycles. The van der Waals surface area contributed by atoms with E-state index in [0.717, 1.165) is 5.56 Å². The van der Waals surface area contributed by atoms with E-state index in [1.165, 1.54) is 0 Å². The van der Waals surface area contributed by atoms with Gasteiger partial charge in [0.2, 0.25) is 5.91 Å². The molecule has 0 radical (unpaired) electrons. The van der Waals surface area contributed by atoms with Gasteiger partial charge in [-0.05, 0) is 45.4 Å². The molecule has 0 aliphatic rings. The summed E-state index contributed by atoms with van der Waals surface area (Å²) in [7, 11) is 0. The molecule has 0 saturated carbocycles. The second-order valence-electron chi connectivity index (χ2n) is 4.88. The summed E-state index contributed by atoms with van der Waals surface area (Å²) in [5, 5.41) is 3.86. The van der Waals surface area contributed by atoms with Crippen LogP contribution in [0.4, 0.5) is 0 Å². The van der Waals surface area contributed by atoms with Crippen LogP contribution in [-0.2, 0) is 10.2 Å². The van der Waals surface area contributed by atoms with E-state index < -0.39 is 5.41 Å². The van der Waals surface area contributed by atoms with Crippen LogP contribution in [0.1, 0.15) is 33.3 Å². The molecule has 1 aromatic rings. The number of hydrogen-bond donors (Lipinski definition) is 1. The van der Waals surface area contributed by atoms with Crippen LogP contribution < -0.4 is 5.32 Å². The Morgan fingerprint density at radius 1 is 1.24 bits per heavy atom. The molecular weight excluding hydrogens is 257 g/mol. The van der Waals surface area contributed by atoms with Crippen molar-refractivity contribution in [1.82, 2.24) is 5.32 Å². The Bertz CT molecular complexity index is 427. The first-order chi connectivity index (χ1) is 7.75. The Balaban J connectivity index is 3.03. The Morgan fingerprint density at radius 2 is 1.82 bits per heavy atom. The third-order valence-corrected chi connectivity index (χ3v) is 3.37. The number of hydrogen-bond acceptors (Lipinski definition) is 1. The highest BCUT2D eigenvalue weighted by atomic mass is 35.5. The number of amides is 1. The van der Waals surface area contributed by atoms with Crippen molar-refractivity contribution < 1.29 is 4.79 Å². The van der Waals surface area contributed by atoms with E-state index >= 15 is 0 Å². The maximum absolute atomic E-state index is 12.1. The first kappa shape index (κ1) is 14.3. The predicted octanol–water partition coefficient (Wildman–Crippen LogP) is 3.80. The van der Waals surface area contributed by atoms with Gasteiger partial charge < -0.3 is 5.32 Å². The largest absolute Gasteiger partial charge is 0.353 e. The number of carbonyl (C=O) groups excluding carboxylic acids is 1. The summed E-state index contributed by atoms with van der Waals surface area (Å²) in [6.45, 7) is 7.60. The minimum Gasteiger partial charge on any atom is -0.353 e. The molecule has 0 aliphatic carbocycles. The van der Waals surface area contributed by atoms with Crippen LogP contribution in [0.3, 0.4) is 0 Å². The van der Waals surface area contributed by atoms with Crippen LogP contribution >= 0.6 is 23.2 Å². The van der Waals surface area contributed by atoms with Gasteiger partial charge in [0.1, 0.15) is 0 Å². The molecular formula is C13H17Cl2NO. The van der Waals surface area contributed by atoms with Crippen molar-refractivity contribution in [3.63, 3.8) is 0 Å². The number of halogens is 2. The fourth-order valence-electron chi connectivity index (χ4n) is 1.46. The molecule has 0 heterocycles. The van der Waals surface area contributed by atoms with E-state index in [1.807, 2.05) is 33.8 Å². The van der Waals surface area contributed by atoms with E-state index in [4.69, 9.17) is 23.2 Å². The van der Waals surface area contributed by atoms with E-state index in [1.54, 1.807) is 12.1 Å². The highest BCUT2D eigenvalue weighted by Crippen LogP contribution is 2.30. The van der Waals surface area contributed by atoms with E-state index in [-0.39, 0.29) is 11.9 Å². The number of rotatable bonds is 3. The SMILES string of the molecule is CC(C)NC(=O)C(C)(C)c1ccc(Cl)c(Cl)c1. The molecule has 94 valence electrons. The zero-order chi connectivity index (χ0) is 13.2. The Labute approximate surface area is 112 Å². The zero-order valence-electron chi connectivity index (χ0n) is 10.5. The van der Waals surface area contributed by atoms with Gasteiger partial charge in [-0.25, -0.2) is 0 Å². The van der Waals surface area contributed by atoms with Gasteiger partial charge in [-0.2, -0.15) is 0 Å². The molecule has 0 saturated heterocycles. The second kappa shape index (κ2) is 5.28. The summed E-state index contributed by atoms with van der Waals surface area (Å²) in [6.07, 6.45) is 0. The maximum atomic E-state index is 12.1. The van der Waals surface area contributed by atoms with Crippen LogP contribution in [-0.4, -0.2) is 11.9 Å². The van der Waals surface area contributed by atoms with Crippen molar-refractivity contribution in [2.45, 2.75) is 39.2 Å². The van der Waals surface area contributed by atoms with Crippen molar-refractivity contribution in [1.29, 1.82) is 0 Å². The highest BCUT2D eigenvalue weighted by Gasteiger charge is 2.30. The quantitative estimate of drug-likeness (QED) is 0.892. The zero-order valence-corrected chi connectivity index (χ0v) is 12.0. The Hall–Kier alpha value is -0.730. The van der Waals surface area contributed by atoms with Gasteiger partial charge in [-0.3, -0.25) is 4.79 Å². The lowest BCUT2D eigenvalue weighted by Gasteiger charge is -2.25. The van der Waals surface area contributed by atoms with Gasteiger partial charge in [0.25, 0.3) is 0 Å². The number of benzene rings is 1. The average Bonchev–Trinajstić information content (AvgIpc) is 2.20. The van der Waals surface area contributed by atoms with Crippen LogP contribution in [0.2, 0.25) is 10.0 Å². The average molecular weight is 274 g/mol. The third-order valence-electron chi connectivity index (χ3n) is 2.63. The second-order valence-corrected chi connectivity index (χ2v) is 5.70. The molecule has 0 bridgehead atoms. The molecule has 0 spiro atoms. The first-order valence-electron chi connectivity index (χ1n) is 5.51. The topological polar surface area (TPSA) is 29.1 Å². The van der Waals surface area contributed by atoms with Gasteiger partial charge in [-0.1, -0.05) is 29.3 Å². The number of carbonyl (C=O) groups is 1. The van der Waals surface area contributed by atoms with E-state index in [0.29, 0.717) is 10.0 Å². The van der Waals surface area contributed by atoms with E-state index in [9.17, 15) is 4.79 Å². The summed E-state index contributed by atoms with van der Waals surface area (Å²) >= 11 is 11.8. The van der Waals surface area contributed by atoms with Crippen LogP contribution in [0.15, 0.2) is 18.2 Å². The van der Waals surface area contributed by atoms with Crippen molar-refractivity contribution in [3.05, 3.63) is 33.8 Å². The van der Waals surface area contributed by atoms with Crippen molar-refractivity contribution in [2.75, 3.05) is 0 Å². The lowest BCUT2D eigenvalue weighted by molar-refractivity contribution is -0.126. The maximum Gasteiger partial charge on any atom is 0.230 e. The summed E-state index contributed by atoms with van der Waals surface area (Å²) < 4.78 is 0. The van der Waals surface area contributed by atoms with Crippen molar-refractivity contribution in [2.24, 2.45) is 0 Å². The monoisotopic (exact) mass is 273 g/mol. The highest BCUT2D eigenvalue weighted by molar-refractivity contribution is 6.42. The fourth-order valence-corrected chi connectivity index (χ4v) is 1.76. The molecule has 1 N–H and O–H groups in total. The standard InChI is InChI=1S/C13H17Cl2NO/c1-8(2)16-12(17)13(3,4)9-5-6-10(14)11(15)7-9/h5-8H,1-4H3,(H,16,17). The van der Waals surface area contributed by atoms with Crippen molar-refractivity contribution >= 4 is 29.1 Å². The van der Waals surface area contributed by atoms with Gasteiger partial charge >= 0.3 is 0 Å². The van der Waals surface area contributed by atoms with Gasteiger partial charge in [0.15, 0.2) is 0 Å². The van der Waals surface area contributed by atoms with E-state index in [2.05, 4.69) is 5.32 Å². The van der Waals surface area contributed by atoms with Gasteiger partial charge in [0.05, 0.1) is 15.5 Å². The molecule has 0 aromatic heterocycles. The van der Waals surface area contributed by atoms with Crippen LogP contribution in [0.25, 0.3) is 0 Å². The van der Waals surface area contributed by atoms with Gasteiger partial charge in [-0.15, -0.1) is 0 Å². The fraction of sp³-hybridized carbons (Fsp3) is 0.462. The molecule has 0 atom stereocenters. The van der Waals surface area contributed by atoms with Crippen LogP contribution in [0.5, 0.6) is 0 Å². The first-order valence-corrected chi connectivity index (χ1v) is 6.27. The normalized spacial score (nSPS) is 11.7. The Kier molecular flexibility index (Phi) is 4.45. The summed E-state index contributed by atoms with van der Waals surface area (Å²) in [6, 6.07) is 5.39. The number of nitrogens with one attached hydrogen (secondary N) is 1. The molecule has 0 fully saturated rings. The molecule has 1 aromatic carbocycles. The van der Waals surface area contributed by atoms with Crippen LogP contribution in [0, 0.1) is 0 Å². The smallest absolute Gasteiger partial charge is 0.230 e. The minimum absolute atomic E-state index is 0.0223. The predicted molar refractivity (Wildman–Crippen MR) is 72.8 cm³/mol. The molecule has 2 nitrogen and oxygen atoms in total. The van der Waals surface area contributed by atoms with Crippen molar-refractivity contribution in [3.8, 4) is 0 Å². The Morgan fingerprint density at radius 3 is 2.29 bits per heavy atom. The lowest BCUT2D eigenvalue weighted by atomic mass is 9.83. The molecule has 17 heavy (non-hydrogen) atoms. The molecule has 1 amide bonds. The molecule has 1 rings (SSSR count). The summed E-state index contributed by atoms with van der Waals surface area (Å²) in [4.78, 5) is 12.1. The summed E-state index contributed by atoms with van der Waals surface area (Å²) in [5.41, 5.74) is 0.225. The molecule has 4 heteroatoms. The minimum atomic E-state index is -0.626. The molecule has 0 unspecified atom stereocenters. The van der Waals surface area contributed by atoms with Gasteiger partial charge in [0, 0.05) is 6.04 Å². The lowest BCUT2D eigenvalue weighted by Crippen LogP contribution is -2.43.